The fraction of sp³-hybridized carbons (Fsp3) is 0.125. The number of aromatic carboxylic acids is 1. The van der Waals surface area contributed by atoms with Gasteiger partial charge in [-0.25, -0.2) is 4.79 Å². The topological polar surface area (TPSA) is 58.9 Å². The molecule has 2 aromatic carbocycles. The second kappa shape index (κ2) is 6.95. The molecular weight excluding hydrogens is 311 g/mol. The second-order valence-electron chi connectivity index (χ2n) is 4.56. The summed E-state index contributed by atoms with van der Waals surface area (Å²) in [6.07, 6.45) is -3.32. The molecule has 4 nitrogen and oxygen atoms in total. The van der Waals surface area contributed by atoms with Gasteiger partial charge in [0, 0.05) is 11.1 Å². The maximum absolute atomic E-state index is 12.8. The summed E-state index contributed by atoms with van der Waals surface area (Å²) in [5.41, 5.74) is -0.524. The van der Waals surface area contributed by atoms with Crippen LogP contribution in [0.5, 0.6) is 0 Å². The molecule has 23 heavy (non-hydrogen) atoms. The summed E-state index contributed by atoms with van der Waals surface area (Å²) in [6.45, 7) is -0.374. The fourth-order valence-electron chi connectivity index (χ4n) is 1.93. The molecule has 0 atom stereocenters. The number of benzene rings is 2. The zero-order valence-electron chi connectivity index (χ0n) is 11.7. The van der Waals surface area contributed by atoms with E-state index in [1.54, 1.807) is 12.1 Å². The number of nitrogens with zero attached hydrogens (tertiary/aromatic N) is 1. The van der Waals surface area contributed by atoms with Crippen LogP contribution in [-0.2, 0) is 17.6 Å². The van der Waals surface area contributed by atoms with E-state index in [2.05, 4.69) is 5.16 Å². The molecule has 0 bridgehead atoms. The number of oxime groups is 1. The third-order valence-electron chi connectivity index (χ3n) is 3.00. The standard InChI is InChI=1S/C16H12F3NO3/c17-16(18,19)14-8-4-2-6-12(14)10-23-20-9-11-5-1-3-7-13(11)15(21)22/h1-9H,10H2,(H,21,22)/b20-9+. The van der Waals surface area contributed by atoms with Gasteiger partial charge in [0.25, 0.3) is 0 Å². The molecule has 7 heteroatoms. The average Bonchev–Trinajstić information content (AvgIpc) is 2.51. The number of carboxylic acid groups (broad SMARTS) is 1. The molecule has 0 spiro atoms. The Balaban J connectivity index is 2.08. The molecule has 0 saturated carbocycles. The van der Waals surface area contributed by atoms with E-state index >= 15 is 0 Å². The Morgan fingerprint density at radius 3 is 2.48 bits per heavy atom. The van der Waals surface area contributed by atoms with Crippen molar-refractivity contribution in [1.29, 1.82) is 0 Å². The number of hydrogen-bond donors (Lipinski definition) is 1. The van der Waals surface area contributed by atoms with Crippen LogP contribution in [0.4, 0.5) is 13.2 Å². The lowest BCUT2D eigenvalue weighted by Crippen LogP contribution is -2.09. The summed E-state index contributed by atoms with van der Waals surface area (Å²) >= 11 is 0. The van der Waals surface area contributed by atoms with Crippen LogP contribution in [0, 0.1) is 0 Å². The molecule has 0 saturated heterocycles. The van der Waals surface area contributed by atoms with E-state index in [-0.39, 0.29) is 17.7 Å². The predicted molar refractivity (Wildman–Crippen MR) is 77.2 cm³/mol. The normalized spacial score (nSPS) is 11.6. The Labute approximate surface area is 129 Å². The number of rotatable bonds is 5. The molecule has 0 aromatic heterocycles. The molecule has 2 rings (SSSR count). The predicted octanol–water partition coefficient (Wildman–Crippen LogP) is 3.95. The highest BCUT2D eigenvalue weighted by molar-refractivity contribution is 5.98. The Bertz CT molecular complexity index is 727. The van der Waals surface area contributed by atoms with E-state index in [1.165, 1.54) is 30.3 Å². The van der Waals surface area contributed by atoms with Crippen LogP contribution in [0.15, 0.2) is 53.7 Å². The third-order valence-corrected chi connectivity index (χ3v) is 3.00. The smallest absolute Gasteiger partial charge is 0.416 e. The number of carboxylic acids is 1. The first-order chi connectivity index (χ1) is 10.9. The highest BCUT2D eigenvalue weighted by Gasteiger charge is 2.32. The van der Waals surface area contributed by atoms with Crippen molar-refractivity contribution in [2.75, 3.05) is 0 Å². The van der Waals surface area contributed by atoms with Crippen molar-refractivity contribution in [3.05, 3.63) is 70.8 Å². The molecular formula is C16H12F3NO3. The van der Waals surface area contributed by atoms with Crippen LogP contribution in [0.3, 0.4) is 0 Å². The van der Waals surface area contributed by atoms with Crippen molar-refractivity contribution in [2.45, 2.75) is 12.8 Å². The minimum Gasteiger partial charge on any atom is -0.478 e. The lowest BCUT2D eigenvalue weighted by atomic mass is 10.1. The van der Waals surface area contributed by atoms with Crippen molar-refractivity contribution < 1.29 is 27.9 Å². The van der Waals surface area contributed by atoms with Crippen LogP contribution in [-0.4, -0.2) is 17.3 Å². The molecule has 0 aliphatic rings. The minimum absolute atomic E-state index is 0.0236. The van der Waals surface area contributed by atoms with E-state index < -0.39 is 17.7 Å². The highest BCUT2D eigenvalue weighted by atomic mass is 19.4. The molecule has 0 amide bonds. The minimum atomic E-state index is -4.47. The third kappa shape index (κ3) is 4.32. The van der Waals surface area contributed by atoms with Crippen molar-refractivity contribution in [2.24, 2.45) is 5.16 Å². The van der Waals surface area contributed by atoms with Gasteiger partial charge in [0.1, 0.15) is 6.61 Å². The number of alkyl halides is 3. The Morgan fingerprint density at radius 1 is 1.13 bits per heavy atom. The number of hydrogen-bond acceptors (Lipinski definition) is 3. The molecule has 1 N–H and O–H groups in total. The molecule has 0 heterocycles. The summed E-state index contributed by atoms with van der Waals surface area (Å²) in [4.78, 5) is 15.9. The number of halogens is 3. The largest absolute Gasteiger partial charge is 0.478 e. The summed E-state index contributed by atoms with van der Waals surface area (Å²) in [6, 6.07) is 11.1. The summed E-state index contributed by atoms with van der Waals surface area (Å²) in [7, 11) is 0. The zero-order valence-corrected chi connectivity index (χ0v) is 11.7. The van der Waals surface area contributed by atoms with E-state index in [0.717, 1.165) is 12.3 Å². The summed E-state index contributed by atoms with van der Waals surface area (Å²) in [5, 5.41) is 12.5. The zero-order chi connectivity index (χ0) is 16.9. The van der Waals surface area contributed by atoms with Crippen LogP contribution < -0.4 is 0 Å². The lowest BCUT2D eigenvalue weighted by molar-refractivity contribution is -0.138. The molecule has 0 aliphatic heterocycles. The molecule has 0 unspecified atom stereocenters. The summed E-state index contributed by atoms with van der Waals surface area (Å²) in [5.74, 6) is -1.13. The van der Waals surface area contributed by atoms with E-state index in [1.807, 2.05) is 0 Å². The quantitative estimate of drug-likeness (QED) is 0.669. The molecule has 2 aromatic rings. The maximum Gasteiger partial charge on any atom is 0.416 e. The van der Waals surface area contributed by atoms with E-state index in [9.17, 15) is 18.0 Å². The first kappa shape index (κ1) is 16.5. The SMILES string of the molecule is O=C(O)c1ccccc1/C=N/OCc1ccccc1C(F)(F)F. The number of carbonyl (C=O) groups is 1. The van der Waals surface area contributed by atoms with Gasteiger partial charge in [-0.3, -0.25) is 0 Å². The van der Waals surface area contributed by atoms with Crippen LogP contribution >= 0.6 is 0 Å². The monoisotopic (exact) mass is 323 g/mol. The highest BCUT2D eigenvalue weighted by Crippen LogP contribution is 2.32. The Kier molecular flexibility index (Phi) is 5.00. The molecule has 0 radical (unpaired) electrons. The van der Waals surface area contributed by atoms with E-state index in [4.69, 9.17) is 9.94 Å². The molecule has 0 fully saturated rings. The second-order valence-corrected chi connectivity index (χ2v) is 4.56. The maximum atomic E-state index is 12.8. The van der Waals surface area contributed by atoms with Gasteiger partial charge in [-0.2, -0.15) is 13.2 Å². The van der Waals surface area contributed by atoms with Crippen molar-refractivity contribution in [1.82, 2.24) is 0 Å². The van der Waals surface area contributed by atoms with Gasteiger partial charge in [0.2, 0.25) is 0 Å². The fourth-order valence-corrected chi connectivity index (χ4v) is 1.93. The lowest BCUT2D eigenvalue weighted by Gasteiger charge is -2.11. The van der Waals surface area contributed by atoms with Gasteiger partial charge in [-0.1, -0.05) is 41.6 Å². The first-order valence-electron chi connectivity index (χ1n) is 6.52. The van der Waals surface area contributed by atoms with Gasteiger partial charge in [0.05, 0.1) is 17.3 Å². The van der Waals surface area contributed by atoms with Gasteiger partial charge in [0.15, 0.2) is 0 Å². The first-order valence-corrected chi connectivity index (χ1v) is 6.52. The van der Waals surface area contributed by atoms with Crippen LogP contribution in [0.2, 0.25) is 0 Å². The Morgan fingerprint density at radius 2 is 1.78 bits per heavy atom. The van der Waals surface area contributed by atoms with Gasteiger partial charge < -0.3 is 9.94 Å². The van der Waals surface area contributed by atoms with Crippen LogP contribution in [0.1, 0.15) is 27.0 Å². The Hall–Kier alpha value is -2.83. The van der Waals surface area contributed by atoms with Crippen molar-refractivity contribution >= 4 is 12.2 Å². The molecule has 0 aliphatic carbocycles. The van der Waals surface area contributed by atoms with Gasteiger partial charge >= 0.3 is 12.1 Å². The van der Waals surface area contributed by atoms with Crippen molar-refractivity contribution in [3.63, 3.8) is 0 Å². The van der Waals surface area contributed by atoms with Gasteiger partial charge in [-0.15, -0.1) is 0 Å². The molecule has 120 valence electrons. The van der Waals surface area contributed by atoms with E-state index in [0.29, 0.717) is 5.56 Å². The van der Waals surface area contributed by atoms with Crippen LogP contribution in [0.25, 0.3) is 0 Å². The van der Waals surface area contributed by atoms with Crippen molar-refractivity contribution in [3.8, 4) is 0 Å². The summed E-state index contributed by atoms with van der Waals surface area (Å²) < 4.78 is 38.4. The average molecular weight is 323 g/mol. The van der Waals surface area contributed by atoms with Gasteiger partial charge in [-0.05, 0) is 12.1 Å².